The Labute approximate surface area is 69.3 Å². The molecule has 1 aliphatic rings. The molecule has 12 heavy (non-hydrogen) atoms. The molecule has 0 N–H and O–H groups in total. The molecule has 1 radical (unpaired) electrons. The van der Waals surface area contributed by atoms with Crippen LogP contribution in [0, 0.1) is 6.07 Å². The molecule has 0 unspecified atom stereocenters. The van der Waals surface area contributed by atoms with Crippen molar-refractivity contribution in [2.75, 3.05) is 0 Å². The Bertz CT molecular complexity index is 406. The average Bonchev–Trinajstić information content (AvgIpc) is 2.88. The first-order valence-electron chi connectivity index (χ1n) is 3.15. The van der Waals surface area contributed by atoms with E-state index in [1.165, 1.54) is 12.1 Å². The molecule has 0 amide bonds. The Morgan fingerprint density at radius 3 is 2.58 bits per heavy atom. The van der Waals surface area contributed by atoms with Gasteiger partial charge in [0.05, 0.1) is 4.90 Å². The first kappa shape index (κ1) is 7.23. The van der Waals surface area contributed by atoms with E-state index in [9.17, 15) is 8.42 Å². The fourth-order valence-corrected chi connectivity index (χ4v) is 1.61. The van der Waals surface area contributed by atoms with Gasteiger partial charge in [0.1, 0.15) is 0 Å². The van der Waals surface area contributed by atoms with Gasteiger partial charge in [-0.1, -0.05) is 18.2 Å². The molecule has 1 aromatic carbocycles. The van der Waals surface area contributed by atoms with Crippen molar-refractivity contribution >= 4 is 10.0 Å². The number of nitrogens with zero attached hydrogens (tertiary/aromatic N) is 3. The lowest BCUT2D eigenvalue weighted by Gasteiger charge is -1.97. The summed E-state index contributed by atoms with van der Waals surface area (Å²) in [4.78, 5) is 0.0787. The van der Waals surface area contributed by atoms with Gasteiger partial charge in [0.2, 0.25) is 0 Å². The second-order valence-electron chi connectivity index (χ2n) is 2.13. The van der Waals surface area contributed by atoms with Gasteiger partial charge in [-0.3, -0.25) is 0 Å². The van der Waals surface area contributed by atoms with Gasteiger partial charge >= 0.3 is 10.0 Å². The average molecular weight is 182 g/mol. The van der Waals surface area contributed by atoms with Crippen LogP contribution in [0.5, 0.6) is 0 Å². The molecule has 0 atom stereocenters. The van der Waals surface area contributed by atoms with Gasteiger partial charge in [0.15, 0.2) is 0 Å². The van der Waals surface area contributed by atoms with Crippen molar-refractivity contribution < 1.29 is 8.42 Å². The highest BCUT2D eigenvalue weighted by Gasteiger charge is 2.30. The molecule has 1 aromatic rings. The summed E-state index contributed by atoms with van der Waals surface area (Å²) in [5, 5.41) is 6.40. The van der Waals surface area contributed by atoms with E-state index in [2.05, 4.69) is 16.5 Å². The first-order chi connectivity index (χ1) is 5.71. The number of benzene rings is 1. The molecule has 1 aliphatic heterocycles. The van der Waals surface area contributed by atoms with Gasteiger partial charge < -0.3 is 0 Å². The Hall–Kier alpha value is -1.43. The highest BCUT2D eigenvalue weighted by atomic mass is 32.2. The van der Waals surface area contributed by atoms with E-state index in [0.29, 0.717) is 4.52 Å². The Morgan fingerprint density at radius 1 is 1.33 bits per heavy atom. The summed E-state index contributed by atoms with van der Waals surface area (Å²) in [6, 6.07) is 8.86. The molecule has 61 valence electrons. The van der Waals surface area contributed by atoms with Gasteiger partial charge in [0.25, 0.3) is 0 Å². The zero-order valence-corrected chi connectivity index (χ0v) is 6.69. The SMILES string of the molecule is O=S(=O)(c1[c]cccc1)N1N=N1. The van der Waals surface area contributed by atoms with Crippen molar-refractivity contribution in [3.63, 3.8) is 0 Å². The second-order valence-corrected chi connectivity index (χ2v) is 3.85. The molecule has 2 rings (SSSR count). The van der Waals surface area contributed by atoms with Crippen LogP contribution < -0.4 is 0 Å². The number of rotatable bonds is 2. The van der Waals surface area contributed by atoms with Crippen molar-refractivity contribution in [3.8, 4) is 0 Å². The lowest BCUT2D eigenvalue weighted by atomic mass is 10.4. The third-order valence-electron chi connectivity index (χ3n) is 1.34. The maximum absolute atomic E-state index is 11.3. The molecule has 0 spiro atoms. The minimum Gasteiger partial charge on any atom is -0.198 e. The summed E-state index contributed by atoms with van der Waals surface area (Å²) in [6.07, 6.45) is 0. The number of hydrogen-bond acceptors (Lipinski definition) is 4. The van der Waals surface area contributed by atoms with E-state index in [4.69, 9.17) is 0 Å². The maximum Gasteiger partial charge on any atom is 0.302 e. The molecule has 0 fully saturated rings. The van der Waals surface area contributed by atoms with Crippen LogP contribution in [-0.2, 0) is 10.0 Å². The number of hydrogen-bond donors (Lipinski definition) is 0. The van der Waals surface area contributed by atoms with E-state index in [1.54, 1.807) is 12.1 Å². The van der Waals surface area contributed by atoms with Crippen LogP contribution >= 0.6 is 0 Å². The third-order valence-corrected chi connectivity index (χ3v) is 2.72. The number of sulfonamides is 1. The normalized spacial score (nSPS) is 14.8. The van der Waals surface area contributed by atoms with Gasteiger partial charge in [-0.15, -0.1) is 0 Å². The molecule has 1 heterocycles. The summed E-state index contributed by atoms with van der Waals surface area (Å²) in [6.45, 7) is 0. The lowest BCUT2D eigenvalue weighted by molar-refractivity contribution is 0.545. The fraction of sp³-hybridized carbons (Fsp3) is 0. The highest BCUT2D eigenvalue weighted by molar-refractivity contribution is 7.89. The van der Waals surface area contributed by atoms with Gasteiger partial charge in [-0.05, 0) is 21.0 Å². The summed E-state index contributed by atoms with van der Waals surface area (Å²) in [7, 11) is -3.52. The van der Waals surface area contributed by atoms with Crippen molar-refractivity contribution in [1.82, 2.24) is 4.52 Å². The molecular formula is C6H4N3O2S. The summed E-state index contributed by atoms with van der Waals surface area (Å²) in [5.74, 6) is 0. The zero-order chi connectivity index (χ0) is 8.60. The molecule has 0 saturated carbocycles. The predicted molar refractivity (Wildman–Crippen MR) is 39.2 cm³/mol. The van der Waals surface area contributed by atoms with Crippen LogP contribution in [0.3, 0.4) is 0 Å². The van der Waals surface area contributed by atoms with Gasteiger partial charge in [-0.25, -0.2) is 0 Å². The van der Waals surface area contributed by atoms with Crippen LogP contribution in [-0.4, -0.2) is 12.9 Å². The van der Waals surface area contributed by atoms with Crippen molar-refractivity contribution in [2.45, 2.75) is 4.90 Å². The van der Waals surface area contributed by atoms with Gasteiger partial charge in [0, 0.05) is 6.07 Å². The predicted octanol–water partition coefficient (Wildman–Crippen LogP) is 0.773. The van der Waals surface area contributed by atoms with Crippen LogP contribution in [0.15, 0.2) is 39.6 Å². The van der Waals surface area contributed by atoms with Crippen LogP contribution in [0.1, 0.15) is 0 Å². The molecule has 0 aromatic heterocycles. The topological polar surface area (TPSA) is 61.9 Å². The first-order valence-corrected chi connectivity index (χ1v) is 4.59. The quantitative estimate of drug-likeness (QED) is 0.678. The lowest BCUT2D eigenvalue weighted by Crippen LogP contribution is -2.10. The van der Waals surface area contributed by atoms with Crippen LogP contribution in [0.2, 0.25) is 0 Å². The van der Waals surface area contributed by atoms with Crippen molar-refractivity contribution in [1.29, 1.82) is 0 Å². The molecule has 0 bridgehead atoms. The summed E-state index contributed by atoms with van der Waals surface area (Å²) in [5.41, 5.74) is 0. The minimum atomic E-state index is -3.52. The smallest absolute Gasteiger partial charge is 0.198 e. The molecule has 0 saturated heterocycles. The van der Waals surface area contributed by atoms with Crippen LogP contribution in [0.4, 0.5) is 0 Å². The van der Waals surface area contributed by atoms with E-state index in [1.807, 2.05) is 0 Å². The highest BCUT2D eigenvalue weighted by Crippen LogP contribution is 2.22. The maximum atomic E-state index is 11.3. The van der Waals surface area contributed by atoms with Crippen molar-refractivity contribution in [3.05, 3.63) is 30.3 Å². The van der Waals surface area contributed by atoms with E-state index < -0.39 is 10.0 Å². The van der Waals surface area contributed by atoms with Crippen molar-refractivity contribution in [2.24, 2.45) is 10.4 Å². The fourth-order valence-electron chi connectivity index (χ4n) is 0.738. The summed E-state index contributed by atoms with van der Waals surface area (Å²) < 4.78 is 23.3. The Balaban J connectivity index is 2.43. The monoisotopic (exact) mass is 182 g/mol. The van der Waals surface area contributed by atoms with Gasteiger partial charge in [-0.2, -0.15) is 8.42 Å². The van der Waals surface area contributed by atoms with Crippen LogP contribution in [0.25, 0.3) is 0 Å². The van der Waals surface area contributed by atoms with E-state index in [0.717, 1.165) is 0 Å². The zero-order valence-electron chi connectivity index (χ0n) is 5.88. The Morgan fingerprint density at radius 2 is 2.08 bits per heavy atom. The Kier molecular flexibility index (Phi) is 1.37. The minimum absolute atomic E-state index is 0.0787. The largest absolute Gasteiger partial charge is 0.302 e. The van der Waals surface area contributed by atoms with E-state index in [-0.39, 0.29) is 4.90 Å². The molecule has 0 aliphatic carbocycles. The molecule has 5 nitrogen and oxygen atoms in total. The standard InChI is InChI=1S/C6H4N3O2S/c10-12(11,9-7-8-9)6-4-2-1-3-5-6/h1-4H. The summed E-state index contributed by atoms with van der Waals surface area (Å²) >= 11 is 0. The van der Waals surface area contributed by atoms with E-state index >= 15 is 0 Å². The molecular weight excluding hydrogens is 178 g/mol. The molecule has 6 heteroatoms. The second kappa shape index (κ2) is 2.28. The third kappa shape index (κ3) is 1.06.